The van der Waals surface area contributed by atoms with Crippen LogP contribution in [0.15, 0.2) is 53.3 Å². The first kappa shape index (κ1) is 16.8. The van der Waals surface area contributed by atoms with Gasteiger partial charge in [0.25, 0.3) is 0 Å². The van der Waals surface area contributed by atoms with E-state index < -0.39 is 11.9 Å². The highest BCUT2D eigenvalue weighted by atomic mass is 16.5. The monoisotopic (exact) mass is 338 g/mol. The van der Waals surface area contributed by atoms with Crippen LogP contribution in [0.4, 0.5) is 0 Å². The van der Waals surface area contributed by atoms with E-state index in [0.29, 0.717) is 29.7 Å². The Morgan fingerprint density at radius 3 is 2.40 bits per heavy atom. The van der Waals surface area contributed by atoms with E-state index in [1.807, 2.05) is 35.2 Å². The van der Waals surface area contributed by atoms with Crippen LogP contribution in [0.3, 0.4) is 0 Å². The Morgan fingerprint density at radius 2 is 1.80 bits per heavy atom. The maximum absolute atomic E-state index is 12.2. The molecule has 1 aromatic rings. The number of nitrogens with zero attached hydrogens (tertiary/aromatic N) is 2. The minimum atomic E-state index is -0.541. The molecule has 2 unspecified atom stereocenters. The topological polar surface area (TPSA) is 79.6 Å². The van der Waals surface area contributed by atoms with Gasteiger partial charge in [-0.25, -0.2) is 9.59 Å². The third-order valence-electron chi connectivity index (χ3n) is 4.62. The number of hydrogen-bond acceptors (Lipinski definition) is 6. The lowest BCUT2D eigenvalue weighted by Gasteiger charge is -2.48. The van der Waals surface area contributed by atoms with Gasteiger partial charge in [0.05, 0.1) is 37.5 Å². The summed E-state index contributed by atoms with van der Waals surface area (Å²) in [6.45, 7) is 0.530. The maximum Gasteiger partial charge on any atom is 0.336 e. The lowest BCUT2D eigenvalue weighted by molar-refractivity contribution is -0.142. The zero-order valence-corrected chi connectivity index (χ0v) is 14.1. The van der Waals surface area contributed by atoms with Crippen molar-refractivity contribution >= 4 is 11.9 Å². The van der Waals surface area contributed by atoms with Crippen LogP contribution in [0.1, 0.15) is 12.0 Å². The summed E-state index contributed by atoms with van der Waals surface area (Å²) >= 11 is 0. The second-order valence-corrected chi connectivity index (χ2v) is 5.99. The molecule has 0 spiro atoms. The molecule has 0 amide bonds. The summed E-state index contributed by atoms with van der Waals surface area (Å²) in [5, 5.41) is 9.34. The predicted octanol–water partition coefficient (Wildman–Crippen LogP) is 1.94. The fourth-order valence-corrected chi connectivity index (χ4v) is 3.53. The van der Waals surface area contributed by atoms with Crippen molar-refractivity contribution in [1.29, 1.82) is 5.26 Å². The molecular formula is C19H18N2O4. The second kappa shape index (κ2) is 6.81. The highest BCUT2D eigenvalue weighted by molar-refractivity contribution is 6.05. The van der Waals surface area contributed by atoms with Crippen LogP contribution in [0, 0.1) is 17.2 Å². The smallest absolute Gasteiger partial charge is 0.336 e. The molecular weight excluding hydrogens is 320 g/mol. The lowest BCUT2D eigenvalue weighted by Crippen LogP contribution is -2.53. The van der Waals surface area contributed by atoms with Crippen molar-refractivity contribution in [1.82, 2.24) is 4.90 Å². The number of carbonyl (C=O) groups is 2. The number of methoxy groups -OCH3 is 2. The molecule has 1 aromatic carbocycles. The highest BCUT2D eigenvalue weighted by Crippen LogP contribution is 2.46. The van der Waals surface area contributed by atoms with E-state index in [1.165, 1.54) is 14.2 Å². The highest BCUT2D eigenvalue weighted by Gasteiger charge is 2.52. The van der Waals surface area contributed by atoms with E-state index in [4.69, 9.17) is 9.47 Å². The number of rotatable bonds is 4. The minimum Gasteiger partial charge on any atom is -0.466 e. The summed E-state index contributed by atoms with van der Waals surface area (Å²) < 4.78 is 9.69. The predicted molar refractivity (Wildman–Crippen MR) is 88.6 cm³/mol. The normalized spacial score (nSPS) is 21.5. The fraction of sp³-hybridized carbons (Fsp3) is 0.316. The fourth-order valence-electron chi connectivity index (χ4n) is 3.53. The van der Waals surface area contributed by atoms with Gasteiger partial charge < -0.3 is 14.4 Å². The Balaban J connectivity index is 2.00. The summed E-state index contributed by atoms with van der Waals surface area (Å²) in [5.41, 5.74) is 2.26. The third kappa shape index (κ3) is 2.89. The van der Waals surface area contributed by atoms with Gasteiger partial charge in [-0.15, -0.1) is 0 Å². The number of nitriles is 1. The van der Waals surface area contributed by atoms with Crippen molar-refractivity contribution in [2.75, 3.05) is 14.2 Å². The molecule has 0 fully saturated rings. The largest absolute Gasteiger partial charge is 0.466 e. The van der Waals surface area contributed by atoms with Crippen molar-refractivity contribution in [3.05, 3.63) is 58.8 Å². The standard InChI is InChI=1S/C19H18N2O4/c1-24-18(22)15-14-8-13(9-20)11-21(10-12-6-4-3-5-7-12)17(14)16(15)19(23)25-2/h3-7,11,14,17H,8,10H2,1-2H3. The van der Waals surface area contributed by atoms with Crippen LogP contribution in [-0.4, -0.2) is 37.1 Å². The van der Waals surface area contributed by atoms with Crippen molar-refractivity contribution < 1.29 is 19.1 Å². The average Bonchev–Trinajstić information content (AvgIpc) is 2.63. The number of esters is 2. The zero-order valence-electron chi connectivity index (χ0n) is 14.1. The maximum atomic E-state index is 12.2. The molecule has 1 aliphatic heterocycles. The van der Waals surface area contributed by atoms with Crippen molar-refractivity contribution in [3.63, 3.8) is 0 Å². The van der Waals surface area contributed by atoms with Crippen molar-refractivity contribution in [3.8, 4) is 6.07 Å². The summed E-state index contributed by atoms with van der Waals surface area (Å²) in [7, 11) is 2.57. The van der Waals surface area contributed by atoms with Gasteiger partial charge in [0, 0.05) is 24.2 Å². The van der Waals surface area contributed by atoms with E-state index >= 15 is 0 Å². The van der Waals surface area contributed by atoms with Crippen molar-refractivity contribution in [2.45, 2.75) is 19.0 Å². The molecule has 2 atom stereocenters. The summed E-state index contributed by atoms with van der Waals surface area (Å²) in [5.74, 6) is -1.32. The Labute approximate surface area is 145 Å². The average molecular weight is 338 g/mol. The molecule has 0 N–H and O–H groups in total. The minimum absolute atomic E-state index is 0.245. The van der Waals surface area contributed by atoms with Crippen molar-refractivity contribution in [2.24, 2.45) is 5.92 Å². The van der Waals surface area contributed by atoms with Gasteiger partial charge >= 0.3 is 11.9 Å². The molecule has 25 heavy (non-hydrogen) atoms. The molecule has 3 rings (SSSR count). The number of fused-ring (bicyclic) bond motifs is 1. The molecule has 128 valence electrons. The second-order valence-electron chi connectivity index (χ2n) is 5.99. The number of ether oxygens (including phenoxy) is 2. The summed E-state index contributed by atoms with van der Waals surface area (Å²) in [6.07, 6.45) is 2.18. The lowest BCUT2D eigenvalue weighted by atomic mass is 9.67. The first-order valence-corrected chi connectivity index (χ1v) is 7.91. The molecule has 0 aromatic heterocycles. The number of benzene rings is 1. The van der Waals surface area contributed by atoms with Gasteiger partial charge in [0.2, 0.25) is 0 Å². The van der Waals surface area contributed by atoms with E-state index in [-0.39, 0.29) is 12.0 Å². The SMILES string of the molecule is COC(=O)C1=C(C(=O)OC)C2C1CC(C#N)=CN2Cc1ccccc1. The van der Waals surface area contributed by atoms with Gasteiger partial charge in [-0.1, -0.05) is 30.3 Å². The van der Waals surface area contributed by atoms with Gasteiger partial charge in [0.1, 0.15) is 0 Å². The first-order chi connectivity index (χ1) is 12.1. The Bertz CT molecular complexity index is 804. The van der Waals surface area contributed by atoms with Gasteiger partial charge in [0.15, 0.2) is 0 Å². The summed E-state index contributed by atoms with van der Waals surface area (Å²) in [6, 6.07) is 11.6. The van der Waals surface area contributed by atoms with E-state index in [2.05, 4.69) is 6.07 Å². The number of carbonyl (C=O) groups excluding carboxylic acids is 2. The van der Waals surface area contributed by atoms with Crippen LogP contribution >= 0.6 is 0 Å². The molecule has 2 aliphatic rings. The number of hydrogen-bond donors (Lipinski definition) is 0. The van der Waals surface area contributed by atoms with E-state index in [9.17, 15) is 14.9 Å². The number of allylic oxidation sites excluding steroid dienone is 1. The molecule has 0 saturated carbocycles. The van der Waals surface area contributed by atoms with Crippen LogP contribution < -0.4 is 0 Å². The Kier molecular flexibility index (Phi) is 4.57. The summed E-state index contributed by atoms with van der Waals surface area (Å²) in [4.78, 5) is 26.3. The Hall–Kier alpha value is -3.07. The van der Waals surface area contributed by atoms with Crippen LogP contribution in [0.5, 0.6) is 0 Å². The molecule has 0 radical (unpaired) electrons. The molecule has 6 heteroatoms. The Morgan fingerprint density at radius 1 is 1.16 bits per heavy atom. The molecule has 0 bridgehead atoms. The van der Waals surface area contributed by atoms with Gasteiger partial charge in [-0.2, -0.15) is 5.26 Å². The van der Waals surface area contributed by atoms with Gasteiger partial charge in [-0.05, 0) is 12.0 Å². The molecule has 1 heterocycles. The zero-order chi connectivity index (χ0) is 18.0. The molecule has 0 saturated heterocycles. The quantitative estimate of drug-likeness (QED) is 0.781. The molecule has 1 aliphatic carbocycles. The third-order valence-corrected chi connectivity index (χ3v) is 4.62. The van der Waals surface area contributed by atoms with Crippen LogP contribution in [0.25, 0.3) is 0 Å². The van der Waals surface area contributed by atoms with Gasteiger partial charge in [-0.3, -0.25) is 0 Å². The van der Waals surface area contributed by atoms with E-state index in [1.54, 1.807) is 6.20 Å². The van der Waals surface area contributed by atoms with Crippen LogP contribution in [-0.2, 0) is 25.6 Å². The first-order valence-electron chi connectivity index (χ1n) is 7.91. The molecule has 6 nitrogen and oxygen atoms in total. The van der Waals surface area contributed by atoms with E-state index in [0.717, 1.165) is 5.56 Å². The van der Waals surface area contributed by atoms with Crippen LogP contribution in [0.2, 0.25) is 0 Å².